The second-order valence-electron chi connectivity index (χ2n) is 6.74. The largest absolute Gasteiger partial charge is 0.508 e. The topological polar surface area (TPSA) is 67.8 Å². The van der Waals surface area contributed by atoms with Gasteiger partial charge in [0.25, 0.3) is 5.91 Å². The van der Waals surface area contributed by atoms with Crippen molar-refractivity contribution < 1.29 is 19.4 Å². The first-order valence-electron chi connectivity index (χ1n) is 10.1. The van der Waals surface area contributed by atoms with Crippen LogP contribution in [0.1, 0.15) is 55.5 Å². The van der Waals surface area contributed by atoms with Gasteiger partial charge in [-0.15, -0.1) is 0 Å². The lowest BCUT2D eigenvalue weighted by Crippen LogP contribution is -2.25. The normalized spacial score (nSPS) is 10.5. The second-order valence-corrected chi connectivity index (χ2v) is 6.74. The molecule has 2 aromatic carbocycles. The smallest absolute Gasteiger partial charge is 0.251 e. The number of hydrogen-bond acceptors (Lipinski definition) is 4. The molecule has 152 valence electrons. The number of unbranched alkanes of at least 4 members (excludes halogenated alkanes) is 2. The first-order chi connectivity index (χ1) is 13.6. The Labute approximate surface area is 167 Å². The maximum Gasteiger partial charge on any atom is 0.251 e. The Morgan fingerprint density at radius 1 is 0.929 bits per heavy atom. The molecule has 0 fully saturated rings. The minimum atomic E-state index is -0.141. The lowest BCUT2D eigenvalue weighted by Gasteiger charge is -2.14. The molecule has 0 saturated carbocycles. The minimum Gasteiger partial charge on any atom is -0.508 e. The van der Waals surface area contributed by atoms with Gasteiger partial charge in [-0.2, -0.15) is 0 Å². The van der Waals surface area contributed by atoms with E-state index >= 15 is 0 Å². The zero-order valence-electron chi connectivity index (χ0n) is 16.9. The number of phenolic OH excluding ortho intramolecular Hbond substituents is 1. The van der Waals surface area contributed by atoms with Crippen LogP contribution in [0.25, 0.3) is 0 Å². The number of carbonyl (C=O) groups is 1. The van der Waals surface area contributed by atoms with Gasteiger partial charge in [0.2, 0.25) is 0 Å². The third-order valence-electron chi connectivity index (χ3n) is 4.31. The first-order valence-corrected chi connectivity index (χ1v) is 10.1. The average Bonchev–Trinajstić information content (AvgIpc) is 2.71. The highest BCUT2D eigenvalue weighted by atomic mass is 16.5. The summed E-state index contributed by atoms with van der Waals surface area (Å²) in [5.74, 6) is 1.40. The molecule has 2 N–H and O–H groups in total. The van der Waals surface area contributed by atoms with Crippen molar-refractivity contribution in [1.82, 2.24) is 5.32 Å². The molecule has 5 heteroatoms. The van der Waals surface area contributed by atoms with Crippen LogP contribution in [0.15, 0.2) is 42.5 Å². The zero-order valence-corrected chi connectivity index (χ0v) is 16.9. The zero-order chi connectivity index (χ0) is 20.2. The molecular weight excluding hydrogens is 354 g/mol. The number of phenols is 1. The van der Waals surface area contributed by atoms with Gasteiger partial charge in [-0.1, -0.05) is 38.8 Å². The fourth-order valence-electron chi connectivity index (χ4n) is 2.71. The van der Waals surface area contributed by atoms with E-state index in [9.17, 15) is 9.90 Å². The number of aromatic hydroxyl groups is 1. The molecule has 0 bridgehead atoms. The first kappa shape index (κ1) is 21.6. The summed E-state index contributed by atoms with van der Waals surface area (Å²) in [5.41, 5.74) is 1.61. The van der Waals surface area contributed by atoms with Crippen molar-refractivity contribution in [2.24, 2.45) is 0 Å². The molecule has 28 heavy (non-hydrogen) atoms. The number of hydrogen-bond donors (Lipinski definition) is 2. The van der Waals surface area contributed by atoms with Gasteiger partial charge in [0.1, 0.15) is 5.75 Å². The molecular formula is C23H31NO4. The molecule has 2 rings (SSSR count). The van der Waals surface area contributed by atoms with Crippen LogP contribution in [-0.4, -0.2) is 30.8 Å². The van der Waals surface area contributed by atoms with Crippen LogP contribution < -0.4 is 14.8 Å². The van der Waals surface area contributed by atoms with E-state index in [1.165, 1.54) is 0 Å². The van der Waals surface area contributed by atoms with E-state index < -0.39 is 0 Å². The fourth-order valence-corrected chi connectivity index (χ4v) is 2.71. The van der Waals surface area contributed by atoms with Gasteiger partial charge in [-0.05, 0) is 55.2 Å². The average molecular weight is 386 g/mol. The van der Waals surface area contributed by atoms with Crippen LogP contribution in [0.4, 0.5) is 0 Å². The standard InChI is InChI=1S/C23H31NO4/c1-3-5-6-16-28-21-12-9-19(17-22(21)27-15-4-2)23(26)24-14-13-18-7-10-20(25)11-8-18/h7-12,17,25H,3-6,13-16H2,1-2H3,(H,24,26). The Morgan fingerprint density at radius 3 is 2.39 bits per heavy atom. The fraction of sp³-hybridized carbons (Fsp3) is 0.435. The van der Waals surface area contributed by atoms with Gasteiger partial charge in [-0.3, -0.25) is 4.79 Å². The summed E-state index contributed by atoms with van der Waals surface area (Å²) < 4.78 is 11.6. The lowest BCUT2D eigenvalue weighted by atomic mass is 10.1. The SMILES string of the molecule is CCCCCOc1ccc(C(=O)NCCc2ccc(O)cc2)cc1OCCC. The quantitative estimate of drug-likeness (QED) is 0.519. The molecule has 0 aliphatic rings. The monoisotopic (exact) mass is 385 g/mol. The Morgan fingerprint density at radius 2 is 1.68 bits per heavy atom. The Hall–Kier alpha value is -2.69. The van der Waals surface area contributed by atoms with Crippen molar-refractivity contribution in [1.29, 1.82) is 0 Å². The van der Waals surface area contributed by atoms with Crippen LogP contribution in [0, 0.1) is 0 Å². The summed E-state index contributed by atoms with van der Waals surface area (Å²) in [7, 11) is 0. The predicted molar refractivity (Wildman–Crippen MR) is 111 cm³/mol. The molecule has 0 atom stereocenters. The number of amides is 1. The third-order valence-corrected chi connectivity index (χ3v) is 4.31. The summed E-state index contributed by atoms with van der Waals surface area (Å²) in [4.78, 5) is 12.5. The van der Waals surface area contributed by atoms with E-state index in [4.69, 9.17) is 9.47 Å². The molecule has 0 saturated heterocycles. The van der Waals surface area contributed by atoms with Gasteiger partial charge < -0.3 is 19.9 Å². The molecule has 0 aliphatic carbocycles. The highest BCUT2D eigenvalue weighted by Gasteiger charge is 2.12. The van der Waals surface area contributed by atoms with Crippen LogP contribution in [0.2, 0.25) is 0 Å². The number of ether oxygens (including phenoxy) is 2. The van der Waals surface area contributed by atoms with Gasteiger partial charge >= 0.3 is 0 Å². The number of rotatable bonds is 12. The minimum absolute atomic E-state index is 0.141. The van der Waals surface area contributed by atoms with Gasteiger partial charge in [0.15, 0.2) is 11.5 Å². The van der Waals surface area contributed by atoms with Crippen LogP contribution >= 0.6 is 0 Å². The molecule has 0 unspecified atom stereocenters. The Bertz CT molecular complexity index is 728. The van der Waals surface area contributed by atoms with E-state index in [0.717, 1.165) is 31.2 Å². The third kappa shape index (κ3) is 7.14. The van der Waals surface area contributed by atoms with Crippen LogP contribution in [-0.2, 0) is 6.42 Å². The molecule has 2 aromatic rings. The van der Waals surface area contributed by atoms with Crippen molar-refractivity contribution in [3.8, 4) is 17.2 Å². The molecule has 5 nitrogen and oxygen atoms in total. The summed E-state index contributed by atoms with van der Waals surface area (Å²) >= 11 is 0. The van der Waals surface area contributed by atoms with E-state index in [-0.39, 0.29) is 11.7 Å². The number of carbonyl (C=O) groups excluding carboxylic acids is 1. The second kappa shape index (κ2) is 11.9. The molecule has 0 spiro atoms. The molecule has 1 amide bonds. The van der Waals surface area contributed by atoms with E-state index in [1.807, 2.05) is 25.1 Å². The van der Waals surface area contributed by atoms with Gasteiger partial charge in [-0.25, -0.2) is 0 Å². The van der Waals surface area contributed by atoms with E-state index in [1.54, 1.807) is 24.3 Å². The number of benzene rings is 2. The highest BCUT2D eigenvalue weighted by molar-refractivity contribution is 5.94. The number of nitrogens with one attached hydrogen (secondary N) is 1. The maximum absolute atomic E-state index is 12.5. The summed E-state index contributed by atoms with van der Waals surface area (Å²) in [5, 5.41) is 12.2. The summed E-state index contributed by atoms with van der Waals surface area (Å²) in [6, 6.07) is 12.3. The summed E-state index contributed by atoms with van der Waals surface area (Å²) in [6.07, 6.45) is 4.86. The Kier molecular flexibility index (Phi) is 9.19. The van der Waals surface area contributed by atoms with Crippen molar-refractivity contribution in [2.45, 2.75) is 46.0 Å². The highest BCUT2D eigenvalue weighted by Crippen LogP contribution is 2.29. The summed E-state index contributed by atoms with van der Waals surface area (Å²) in [6.45, 7) is 5.95. The molecule has 0 heterocycles. The van der Waals surface area contributed by atoms with Crippen LogP contribution in [0.5, 0.6) is 17.2 Å². The molecule has 0 radical (unpaired) electrons. The van der Waals surface area contributed by atoms with Crippen molar-refractivity contribution in [3.63, 3.8) is 0 Å². The van der Waals surface area contributed by atoms with Gasteiger partial charge in [0.05, 0.1) is 13.2 Å². The van der Waals surface area contributed by atoms with Gasteiger partial charge in [0, 0.05) is 12.1 Å². The van der Waals surface area contributed by atoms with E-state index in [0.29, 0.717) is 43.2 Å². The van der Waals surface area contributed by atoms with Crippen molar-refractivity contribution >= 4 is 5.91 Å². The van der Waals surface area contributed by atoms with Crippen LogP contribution in [0.3, 0.4) is 0 Å². The predicted octanol–water partition coefficient (Wildman–Crippen LogP) is 4.72. The van der Waals surface area contributed by atoms with Crippen molar-refractivity contribution in [2.75, 3.05) is 19.8 Å². The maximum atomic E-state index is 12.5. The van der Waals surface area contributed by atoms with E-state index in [2.05, 4.69) is 12.2 Å². The van der Waals surface area contributed by atoms with Crippen molar-refractivity contribution in [3.05, 3.63) is 53.6 Å². The molecule has 0 aliphatic heterocycles. The Balaban J connectivity index is 1.94. The molecule has 0 aromatic heterocycles. The lowest BCUT2D eigenvalue weighted by molar-refractivity contribution is 0.0953.